The van der Waals surface area contributed by atoms with E-state index < -0.39 is 0 Å². The lowest BCUT2D eigenvalue weighted by atomic mass is 10.1. The highest BCUT2D eigenvalue weighted by molar-refractivity contribution is 6.02. The third-order valence-electron chi connectivity index (χ3n) is 5.97. The molecule has 0 bridgehead atoms. The summed E-state index contributed by atoms with van der Waals surface area (Å²) >= 11 is 0. The maximum absolute atomic E-state index is 12.8. The van der Waals surface area contributed by atoms with Gasteiger partial charge in [0.15, 0.2) is 0 Å². The van der Waals surface area contributed by atoms with Crippen LogP contribution in [-0.2, 0) is 4.79 Å². The van der Waals surface area contributed by atoms with Gasteiger partial charge in [-0.15, -0.1) is 0 Å². The molecule has 1 saturated heterocycles. The number of carbonyl (C=O) groups is 1. The van der Waals surface area contributed by atoms with Crippen LogP contribution < -0.4 is 15.6 Å². The average Bonchev–Trinajstić information content (AvgIpc) is 3.21. The molecular weight excluding hydrogens is 436 g/mol. The van der Waals surface area contributed by atoms with Gasteiger partial charge in [-0.3, -0.25) is 14.5 Å². The van der Waals surface area contributed by atoms with Gasteiger partial charge in [-0.05, 0) is 50.1 Å². The molecule has 1 fully saturated rings. The number of nitrogens with zero attached hydrogens (tertiary/aromatic N) is 2. The highest BCUT2D eigenvalue weighted by atomic mass is 16.5. The van der Waals surface area contributed by atoms with E-state index in [4.69, 9.17) is 9.15 Å². The molecule has 9 heteroatoms. The number of aromatic amines is 1. The van der Waals surface area contributed by atoms with Crippen molar-refractivity contribution in [2.75, 3.05) is 31.6 Å². The first-order valence-electron chi connectivity index (χ1n) is 11.4. The molecule has 2 aromatic heterocycles. The molecule has 0 spiro atoms. The normalized spacial score (nSPS) is 15.1. The molecule has 0 atom stereocenters. The number of para-hydroxylation sites is 1. The van der Waals surface area contributed by atoms with Crippen molar-refractivity contribution < 1.29 is 19.1 Å². The summed E-state index contributed by atoms with van der Waals surface area (Å²) in [5.74, 6) is 0.721. The monoisotopic (exact) mass is 462 g/mol. The SMILES string of the molecule is CCOc1ccc(NC(=O)CN2CCC(O)CC2)cc1-c1nc2c(oc3ccccc32)c(=O)[nH]1. The predicted molar refractivity (Wildman–Crippen MR) is 129 cm³/mol. The Balaban J connectivity index is 1.47. The van der Waals surface area contributed by atoms with Gasteiger partial charge in [-0.2, -0.15) is 0 Å². The van der Waals surface area contributed by atoms with Crippen LogP contribution in [0.3, 0.4) is 0 Å². The topological polar surface area (TPSA) is 121 Å². The van der Waals surface area contributed by atoms with Crippen LogP contribution in [0.5, 0.6) is 5.75 Å². The first kappa shape index (κ1) is 22.1. The van der Waals surface area contributed by atoms with Gasteiger partial charge in [-0.1, -0.05) is 12.1 Å². The van der Waals surface area contributed by atoms with Crippen molar-refractivity contribution in [1.29, 1.82) is 0 Å². The first-order valence-corrected chi connectivity index (χ1v) is 11.4. The zero-order valence-corrected chi connectivity index (χ0v) is 18.8. The molecule has 2 aromatic carbocycles. The van der Waals surface area contributed by atoms with Crippen LogP contribution in [0.25, 0.3) is 33.5 Å². The minimum Gasteiger partial charge on any atom is -0.493 e. The molecule has 34 heavy (non-hydrogen) atoms. The summed E-state index contributed by atoms with van der Waals surface area (Å²) in [7, 11) is 0. The third-order valence-corrected chi connectivity index (χ3v) is 5.97. The fourth-order valence-corrected chi connectivity index (χ4v) is 4.28. The fraction of sp³-hybridized carbons (Fsp3) is 0.320. The molecule has 0 radical (unpaired) electrons. The van der Waals surface area contributed by atoms with E-state index in [0.717, 1.165) is 5.39 Å². The number of hydrogen-bond donors (Lipinski definition) is 3. The number of nitrogens with one attached hydrogen (secondary N) is 2. The van der Waals surface area contributed by atoms with Gasteiger partial charge in [0.1, 0.15) is 22.7 Å². The molecule has 0 unspecified atom stereocenters. The number of carbonyl (C=O) groups excluding carboxylic acids is 1. The Bertz CT molecular complexity index is 1400. The number of fused-ring (bicyclic) bond motifs is 3. The number of piperidine rings is 1. The Kier molecular flexibility index (Phi) is 6.04. The molecule has 9 nitrogen and oxygen atoms in total. The lowest BCUT2D eigenvalue weighted by molar-refractivity contribution is -0.117. The third kappa shape index (κ3) is 4.40. The van der Waals surface area contributed by atoms with Crippen LogP contribution in [0.15, 0.2) is 51.7 Å². The summed E-state index contributed by atoms with van der Waals surface area (Å²) in [5, 5.41) is 13.3. The summed E-state index contributed by atoms with van der Waals surface area (Å²) in [6.07, 6.45) is 1.06. The van der Waals surface area contributed by atoms with Gasteiger partial charge >= 0.3 is 0 Å². The number of furan rings is 1. The minimum atomic E-state index is -0.389. The van der Waals surface area contributed by atoms with Gasteiger partial charge in [-0.25, -0.2) is 4.98 Å². The van der Waals surface area contributed by atoms with E-state index >= 15 is 0 Å². The largest absolute Gasteiger partial charge is 0.493 e. The van der Waals surface area contributed by atoms with E-state index in [1.165, 1.54) is 0 Å². The summed E-state index contributed by atoms with van der Waals surface area (Å²) in [6, 6.07) is 12.6. The molecule has 3 N–H and O–H groups in total. The smallest absolute Gasteiger partial charge is 0.294 e. The van der Waals surface area contributed by atoms with Gasteiger partial charge in [0.05, 0.1) is 24.8 Å². The molecule has 5 rings (SSSR count). The summed E-state index contributed by atoms with van der Waals surface area (Å²) in [6.45, 7) is 3.93. The molecule has 0 aliphatic carbocycles. The molecule has 3 heterocycles. The standard InChI is InChI=1S/C25H26N4O5/c1-2-33-19-8-7-15(26-21(31)14-29-11-9-16(30)10-12-29)13-18(19)24-27-22-17-5-3-4-6-20(17)34-23(22)25(32)28-24/h3-8,13,16,30H,2,9-12,14H2,1H3,(H,26,31)(H,27,28,32). The highest BCUT2D eigenvalue weighted by Gasteiger charge is 2.20. The molecule has 0 saturated carbocycles. The van der Waals surface area contributed by atoms with Crippen LogP contribution in [0.4, 0.5) is 5.69 Å². The number of hydrogen-bond acceptors (Lipinski definition) is 7. The van der Waals surface area contributed by atoms with Crippen molar-refractivity contribution in [2.45, 2.75) is 25.9 Å². The highest BCUT2D eigenvalue weighted by Crippen LogP contribution is 2.32. The number of aromatic nitrogens is 2. The van der Waals surface area contributed by atoms with Crippen molar-refractivity contribution in [1.82, 2.24) is 14.9 Å². The minimum absolute atomic E-state index is 0.149. The van der Waals surface area contributed by atoms with E-state index in [9.17, 15) is 14.7 Å². The zero-order valence-electron chi connectivity index (χ0n) is 18.8. The number of anilines is 1. The average molecular weight is 463 g/mol. The van der Waals surface area contributed by atoms with Crippen LogP contribution in [0, 0.1) is 0 Å². The van der Waals surface area contributed by atoms with Gasteiger partial charge in [0.25, 0.3) is 5.56 Å². The quantitative estimate of drug-likeness (QED) is 0.403. The van der Waals surface area contributed by atoms with Crippen molar-refractivity contribution >= 4 is 33.7 Å². The number of aliphatic hydroxyl groups excluding tert-OH is 1. The zero-order chi connectivity index (χ0) is 23.7. The van der Waals surface area contributed by atoms with Crippen LogP contribution in [-0.4, -0.2) is 58.2 Å². The Morgan fingerprint density at radius 2 is 2.06 bits per heavy atom. The summed E-state index contributed by atoms with van der Waals surface area (Å²) in [4.78, 5) is 34.9. The van der Waals surface area contributed by atoms with Crippen LogP contribution in [0.1, 0.15) is 19.8 Å². The molecule has 4 aromatic rings. The number of benzene rings is 2. The molecular formula is C25H26N4O5. The van der Waals surface area contributed by atoms with Gasteiger partial charge < -0.3 is 24.6 Å². The van der Waals surface area contributed by atoms with E-state index in [2.05, 4.69) is 15.3 Å². The van der Waals surface area contributed by atoms with Gasteiger partial charge in [0, 0.05) is 24.2 Å². The summed E-state index contributed by atoms with van der Waals surface area (Å²) < 4.78 is 11.5. The number of likely N-dealkylation sites (tertiary alicyclic amines) is 1. The van der Waals surface area contributed by atoms with E-state index in [1.807, 2.05) is 30.0 Å². The molecule has 1 amide bonds. The van der Waals surface area contributed by atoms with Gasteiger partial charge in [0.2, 0.25) is 11.5 Å². The van der Waals surface area contributed by atoms with Crippen LogP contribution >= 0.6 is 0 Å². The molecule has 176 valence electrons. The number of amides is 1. The second-order valence-electron chi connectivity index (χ2n) is 8.39. The Hall–Kier alpha value is -3.69. The van der Waals surface area contributed by atoms with Crippen LogP contribution in [0.2, 0.25) is 0 Å². The molecule has 1 aliphatic heterocycles. The van der Waals surface area contributed by atoms with Crippen molar-refractivity contribution in [3.8, 4) is 17.1 Å². The fourth-order valence-electron chi connectivity index (χ4n) is 4.28. The van der Waals surface area contributed by atoms with Crippen molar-refractivity contribution in [3.63, 3.8) is 0 Å². The number of H-pyrrole nitrogens is 1. The lowest BCUT2D eigenvalue weighted by Crippen LogP contribution is -2.40. The van der Waals surface area contributed by atoms with E-state index in [1.54, 1.807) is 24.3 Å². The number of ether oxygens (including phenoxy) is 1. The maximum atomic E-state index is 12.8. The van der Waals surface area contributed by atoms with E-state index in [0.29, 0.717) is 66.5 Å². The van der Waals surface area contributed by atoms with Crippen molar-refractivity contribution in [2.24, 2.45) is 0 Å². The Morgan fingerprint density at radius 1 is 1.26 bits per heavy atom. The Labute approximate surface area is 195 Å². The maximum Gasteiger partial charge on any atom is 0.294 e. The van der Waals surface area contributed by atoms with Crippen molar-refractivity contribution in [3.05, 3.63) is 52.8 Å². The number of rotatable bonds is 6. The molecule has 1 aliphatic rings. The lowest BCUT2D eigenvalue weighted by Gasteiger charge is -2.28. The number of aliphatic hydroxyl groups is 1. The first-order chi connectivity index (χ1) is 16.5. The Morgan fingerprint density at radius 3 is 2.85 bits per heavy atom. The summed E-state index contributed by atoms with van der Waals surface area (Å²) in [5.41, 5.74) is 1.96. The van der Waals surface area contributed by atoms with E-state index in [-0.39, 0.29) is 29.7 Å². The predicted octanol–water partition coefficient (Wildman–Crippen LogP) is 3.13. The second kappa shape index (κ2) is 9.28. The second-order valence-corrected chi connectivity index (χ2v) is 8.39.